The van der Waals surface area contributed by atoms with Crippen LogP contribution in [0.1, 0.15) is 30.9 Å². The number of hydrogen-bond acceptors (Lipinski definition) is 4. The van der Waals surface area contributed by atoms with Gasteiger partial charge in [0.25, 0.3) is 5.56 Å². The van der Waals surface area contributed by atoms with Crippen molar-refractivity contribution in [3.05, 3.63) is 67.4 Å². The molecule has 0 aliphatic heterocycles. The smallest absolute Gasteiger partial charge is 0.280 e. The minimum Gasteiger partial charge on any atom is -0.280 e. The Hall–Kier alpha value is -2.05. The number of halogens is 1. The first kappa shape index (κ1) is 18.7. The van der Waals surface area contributed by atoms with Gasteiger partial charge in [-0.15, -0.1) is 11.8 Å². The molecule has 136 valence electrons. The second-order valence-electron chi connectivity index (χ2n) is 6.52. The van der Waals surface area contributed by atoms with Crippen LogP contribution in [0.25, 0.3) is 11.0 Å². The lowest BCUT2D eigenvalue weighted by Gasteiger charge is -2.16. The Kier molecular flexibility index (Phi) is 5.25. The summed E-state index contributed by atoms with van der Waals surface area (Å²) in [6, 6.07) is 7.66. The summed E-state index contributed by atoms with van der Waals surface area (Å²) in [5.74, 6) is 0.906. The third-order valence-electron chi connectivity index (χ3n) is 4.37. The largest absolute Gasteiger partial charge is 0.332 e. The van der Waals surface area contributed by atoms with Gasteiger partial charge in [0.1, 0.15) is 5.65 Å². The summed E-state index contributed by atoms with van der Waals surface area (Å²) < 4.78 is 2.56. The Balaban J connectivity index is 2.20. The second kappa shape index (κ2) is 7.29. The van der Waals surface area contributed by atoms with E-state index in [2.05, 4.69) is 18.8 Å². The van der Waals surface area contributed by atoms with Crippen LogP contribution < -0.4 is 11.2 Å². The van der Waals surface area contributed by atoms with E-state index in [9.17, 15) is 9.59 Å². The van der Waals surface area contributed by atoms with Crippen molar-refractivity contribution in [2.24, 2.45) is 14.1 Å². The van der Waals surface area contributed by atoms with E-state index < -0.39 is 0 Å². The molecule has 0 fully saturated rings. The van der Waals surface area contributed by atoms with E-state index in [1.54, 1.807) is 25.0 Å². The lowest BCUT2D eigenvalue weighted by atomic mass is 10.0. The standard InChI is InChI=1S/C19H20ClN3O2S/c1-11(2)14-9-21-17-15(18(24)23(4)19(25)22(17)3)16(14)26-10-12-5-7-13(20)8-6-12/h5-9,11H,10H2,1-4H3. The molecule has 26 heavy (non-hydrogen) atoms. The summed E-state index contributed by atoms with van der Waals surface area (Å²) in [4.78, 5) is 30.3. The van der Waals surface area contributed by atoms with Gasteiger partial charge < -0.3 is 0 Å². The molecule has 0 spiro atoms. The maximum Gasteiger partial charge on any atom is 0.332 e. The fraction of sp³-hybridized carbons (Fsp3) is 0.316. The van der Waals surface area contributed by atoms with E-state index in [0.29, 0.717) is 21.8 Å². The molecule has 0 amide bonds. The van der Waals surface area contributed by atoms with Crippen LogP contribution in [-0.4, -0.2) is 14.1 Å². The second-order valence-corrected chi connectivity index (χ2v) is 7.94. The van der Waals surface area contributed by atoms with Crippen LogP contribution in [0.4, 0.5) is 0 Å². The summed E-state index contributed by atoms with van der Waals surface area (Å²) in [7, 11) is 3.14. The Bertz CT molecular complexity index is 1090. The summed E-state index contributed by atoms with van der Waals surface area (Å²) in [5, 5.41) is 1.19. The van der Waals surface area contributed by atoms with E-state index in [-0.39, 0.29) is 17.2 Å². The third kappa shape index (κ3) is 3.31. The van der Waals surface area contributed by atoms with Gasteiger partial charge in [-0.3, -0.25) is 13.9 Å². The maximum absolute atomic E-state index is 12.8. The lowest BCUT2D eigenvalue weighted by molar-refractivity contribution is 0.703. The zero-order valence-electron chi connectivity index (χ0n) is 15.1. The highest BCUT2D eigenvalue weighted by Gasteiger charge is 2.19. The average Bonchev–Trinajstić information content (AvgIpc) is 2.63. The van der Waals surface area contributed by atoms with E-state index in [1.165, 1.54) is 11.6 Å². The molecule has 2 aromatic heterocycles. The first-order valence-electron chi connectivity index (χ1n) is 8.27. The van der Waals surface area contributed by atoms with Gasteiger partial charge in [-0.25, -0.2) is 9.78 Å². The predicted octanol–water partition coefficient (Wildman–Crippen LogP) is 3.70. The van der Waals surface area contributed by atoms with Gasteiger partial charge in [-0.1, -0.05) is 37.6 Å². The van der Waals surface area contributed by atoms with Crippen molar-refractivity contribution in [3.8, 4) is 0 Å². The fourth-order valence-corrected chi connectivity index (χ4v) is 4.23. The molecule has 1 aromatic carbocycles. The lowest BCUT2D eigenvalue weighted by Crippen LogP contribution is -2.37. The average molecular weight is 390 g/mol. The zero-order chi connectivity index (χ0) is 19.0. The van der Waals surface area contributed by atoms with Crippen molar-refractivity contribution in [3.63, 3.8) is 0 Å². The quantitative estimate of drug-likeness (QED) is 0.638. The number of rotatable bonds is 4. The molecule has 0 N–H and O–H groups in total. The number of nitrogens with zero attached hydrogens (tertiary/aromatic N) is 3. The molecule has 7 heteroatoms. The molecule has 0 radical (unpaired) electrons. The number of aromatic nitrogens is 3. The number of thioether (sulfide) groups is 1. The number of benzene rings is 1. The van der Waals surface area contributed by atoms with Crippen molar-refractivity contribution in [2.45, 2.75) is 30.4 Å². The van der Waals surface area contributed by atoms with Gasteiger partial charge in [0, 0.05) is 36.0 Å². The SMILES string of the molecule is CC(C)c1cnc2c(c1SCc1ccc(Cl)cc1)c(=O)n(C)c(=O)n2C. The predicted molar refractivity (Wildman–Crippen MR) is 107 cm³/mol. The van der Waals surface area contributed by atoms with Crippen molar-refractivity contribution < 1.29 is 0 Å². The van der Waals surface area contributed by atoms with Crippen LogP contribution in [0, 0.1) is 0 Å². The molecule has 3 rings (SSSR count). The maximum atomic E-state index is 12.8. The Morgan fingerprint density at radius 3 is 2.38 bits per heavy atom. The third-order valence-corrected chi connectivity index (χ3v) is 5.83. The molecule has 0 saturated carbocycles. The highest BCUT2D eigenvalue weighted by atomic mass is 35.5. The van der Waals surface area contributed by atoms with E-state index in [4.69, 9.17) is 11.6 Å². The minimum absolute atomic E-state index is 0.210. The van der Waals surface area contributed by atoms with Crippen LogP contribution in [0.15, 0.2) is 44.9 Å². The Morgan fingerprint density at radius 2 is 1.77 bits per heavy atom. The summed E-state index contributed by atoms with van der Waals surface area (Å²) in [6.45, 7) is 4.14. The van der Waals surface area contributed by atoms with Crippen LogP contribution in [-0.2, 0) is 19.8 Å². The van der Waals surface area contributed by atoms with Crippen molar-refractivity contribution >= 4 is 34.4 Å². The summed E-state index contributed by atoms with van der Waals surface area (Å²) in [6.07, 6.45) is 1.77. The zero-order valence-corrected chi connectivity index (χ0v) is 16.7. The van der Waals surface area contributed by atoms with E-state index >= 15 is 0 Å². The van der Waals surface area contributed by atoms with Gasteiger partial charge in [-0.05, 0) is 29.2 Å². The van der Waals surface area contributed by atoms with Crippen LogP contribution in [0.3, 0.4) is 0 Å². The molecular formula is C19H20ClN3O2S. The van der Waals surface area contributed by atoms with Crippen molar-refractivity contribution in [2.75, 3.05) is 0 Å². The number of pyridine rings is 1. The van der Waals surface area contributed by atoms with Crippen molar-refractivity contribution in [1.82, 2.24) is 14.1 Å². The van der Waals surface area contributed by atoms with Crippen LogP contribution >= 0.6 is 23.4 Å². The highest BCUT2D eigenvalue weighted by Crippen LogP contribution is 2.34. The van der Waals surface area contributed by atoms with E-state index in [1.807, 2.05) is 24.3 Å². The van der Waals surface area contributed by atoms with Gasteiger partial charge in [0.05, 0.1) is 5.39 Å². The molecular weight excluding hydrogens is 370 g/mol. The monoisotopic (exact) mass is 389 g/mol. The first-order valence-corrected chi connectivity index (χ1v) is 9.63. The number of fused-ring (bicyclic) bond motifs is 1. The Labute approximate surface area is 160 Å². The van der Waals surface area contributed by atoms with Crippen LogP contribution in [0.5, 0.6) is 0 Å². The highest BCUT2D eigenvalue weighted by molar-refractivity contribution is 7.98. The summed E-state index contributed by atoms with van der Waals surface area (Å²) in [5.41, 5.74) is 1.85. The topological polar surface area (TPSA) is 56.9 Å². The Morgan fingerprint density at radius 1 is 1.12 bits per heavy atom. The van der Waals surface area contributed by atoms with Gasteiger partial charge in [0.15, 0.2) is 0 Å². The fourth-order valence-electron chi connectivity index (χ4n) is 2.82. The molecule has 0 atom stereocenters. The molecule has 0 unspecified atom stereocenters. The minimum atomic E-state index is -0.374. The molecule has 5 nitrogen and oxygen atoms in total. The molecule has 3 aromatic rings. The number of hydrogen-bond donors (Lipinski definition) is 0. The molecule has 0 aliphatic rings. The molecule has 0 aliphatic carbocycles. The molecule has 0 saturated heterocycles. The summed E-state index contributed by atoms with van der Waals surface area (Å²) >= 11 is 7.54. The van der Waals surface area contributed by atoms with Gasteiger partial charge >= 0.3 is 5.69 Å². The van der Waals surface area contributed by atoms with Gasteiger partial charge in [-0.2, -0.15) is 0 Å². The van der Waals surface area contributed by atoms with Gasteiger partial charge in [0.2, 0.25) is 0 Å². The molecule has 0 bridgehead atoms. The molecule has 2 heterocycles. The number of aryl methyl sites for hydroxylation is 1. The van der Waals surface area contributed by atoms with Crippen molar-refractivity contribution in [1.29, 1.82) is 0 Å². The first-order chi connectivity index (χ1) is 12.3. The van der Waals surface area contributed by atoms with Crippen LogP contribution in [0.2, 0.25) is 5.02 Å². The normalized spacial score (nSPS) is 11.5. The van der Waals surface area contributed by atoms with E-state index in [0.717, 1.165) is 20.6 Å².